The summed E-state index contributed by atoms with van der Waals surface area (Å²) in [5.74, 6) is -1.68. The highest BCUT2D eigenvalue weighted by Gasteiger charge is 2.22. The number of unbranched alkanes of at least 4 members (excludes halogenated alkanes) is 2. The molecule has 32 heavy (non-hydrogen) atoms. The predicted molar refractivity (Wildman–Crippen MR) is 116 cm³/mol. The van der Waals surface area contributed by atoms with Crippen LogP contribution < -0.4 is 10.2 Å². The molecule has 1 aliphatic rings. The molecule has 1 saturated heterocycles. The van der Waals surface area contributed by atoms with Gasteiger partial charge in [0.1, 0.15) is 11.9 Å². The minimum Gasteiger partial charge on any atom is -0.465 e. The molecule has 1 N–H and O–H groups in total. The SMILES string of the molecule is CCCCCN1CCN(c2ccc(C(=O)Nc3cc(F)c(C#N)cc3C(=O)OC)nn2)C1. The Balaban J connectivity index is 1.69. The number of aromatic nitrogens is 2. The number of nitrogens with one attached hydrogen (secondary N) is 1. The van der Waals surface area contributed by atoms with Crippen LogP contribution in [0.25, 0.3) is 0 Å². The topological polar surface area (TPSA) is 111 Å². The number of nitrogens with zero attached hydrogens (tertiary/aromatic N) is 5. The van der Waals surface area contributed by atoms with Crippen molar-refractivity contribution in [2.45, 2.75) is 26.2 Å². The number of ether oxygens (including phenoxy) is 1. The summed E-state index contributed by atoms with van der Waals surface area (Å²) >= 11 is 0. The van der Waals surface area contributed by atoms with Gasteiger partial charge in [-0.25, -0.2) is 9.18 Å². The van der Waals surface area contributed by atoms with E-state index < -0.39 is 17.7 Å². The van der Waals surface area contributed by atoms with Gasteiger partial charge in [0.15, 0.2) is 11.5 Å². The molecule has 1 fully saturated rings. The van der Waals surface area contributed by atoms with Gasteiger partial charge in [-0.15, -0.1) is 10.2 Å². The molecule has 1 aromatic carbocycles. The smallest absolute Gasteiger partial charge is 0.340 e. The number of carbonyl (C=O) groups is 2. The zero-order valence-corrected chi connectivity index (χ0v) is 18.1. The summed E-state index contributed by atoms with van der Waals surface area (Å²) < 4.78 is 18.7. The van der Waals surface area contributed by atoms with Crippen molar-refractivity contribution >= 4 is 23.4 Å². The molecule has 0 aliphatic carbocycles. The normalized spacial score (nSPS) is 13.6. The Labute approximate surface area is 185 Å². The molecule has 1 aliphatic heterocycles. The van der Waals surface area contributed by atoms with Crippen LogP contribution in [0.4, 0.5) is 15.9 Å². The number of carbonyl (C=O) groups excluding carboxylic acids is 2. The van der Waals surface area contributed by atoms with E-state index in [1.54, 1.807) is 12.1 Å². The lowest BCUT2D eigenvalue weighted by Gasteiger charge is -2.18. The highest BCUT2D eigenvalue weighted by atomic mass is 19.1. The lowest BCUT2D eigenvalue weighted by Crippen LogP contribution is -2.27. The van der Waals surface area contributed by atoms with Gasteiger partial charge in [-0.2, -0.15) is 5.26 Å². The van der Waals surface area contributed by atoms with Gasteiger partial charge in [0.2, 0.25) is 0 Å². The summed E-state index contributed by atoms with van der Waals surface area (Å²) in [6, 6.07) is 6.82. The van der Waals surface area contributed by atoms with Crippen molar-refractivity contribution in [1.82, 2.24) is 15.1 Å². The fraction of sp³-hybridized carbons (Fsp3) is 0.409. The molecule has 1 amide bonds. The minimum atomic E-state index is -0.866. The van der Waals surface area contributed by atoms with E-state index in [-0.39, 0.29) is 22.5 Å². The molecule has 1 aromatic heterocycles. The average molecular weight is 440 g/mol. The van der Waals surface area contributed by atoms with Crippen LogP contribution >= 0.6 is 0 Å². The van der Waals surface area contributed by atoms with Gasteiger partial charge < -0.3 is 15.0 Å². The Morgan fingerprint density at radius 2 is 2.06 bits per heavy atom. The van der Waals surface area contributed by atoms with Crippen molar-refractivity contribution in [2.75, 3.05) is 43.6 Å². The molecule has 0 spiro atoms. The Morgan fingerprint density at radius 3 is 2.72 bits per heavy atom. The van der Waals surface area contributed by atoms with Gasteiger partial charge in [0, 0.05) is 13.1 Å². The van der Waals surface area contributed by atoms with Gasteiger partial charge >= 0.3 is 5.97 Å². The van der Waals surface area contributed by atoms with E-state index in [1.807, 2.05) is 0 Å². The Bertz CT molecular complexity index is 1020. The van der Waals surface area contributed by atoms with E-state index in [1.165, 1.54) is 25.3 Å². The standard InChI is InChI=1S/C22H25FN6O3/c1-3-4-5-8-28-9-10-29(14-28)20-7-6-18(26-27-20)21(30)25-19-12-17(23)15(13-24)11-16(19)22(31)32-2/h6-7,11-12H,3-5,8-10,14H2,1-2H3,(H,25,30). The number of amides is 1. The number of hydrogen-bond acceptors (Lipinski definition) is 8. The molecule has 0 atom stereocenters. The second kappa shape index (κ2) is 10.6. The van der Waals surface area contributed by atoms with Crippen molar-refractivity contribution in [2.24, 2.45) is 0 Å². The summed E-state index contributed by atoms with van der Waals surface area (Å²) in [5, 5.41) is 19.6. The molecule has 9 nitrogen and oxygen atoms in total. The number of benzene rings is 1. The second-order valence-electron chi connectivity index (χ2n) is 7.44. The molecule has 0 unspecified atom stereocenters. The molecule has 0 radical (unpaired) electrons. The Kier molecular flexibility index (Phi) is 7.68. The van der Waals surface area contributed by atoms with E-state index in [9.17, 15) is 14.0 Å². The van der Waals surface area contributed by atoms with Crippen LogP contribution in [0.15, 0.2) is 24.3 Å². The van der Waals surface area contributed by atoms with Crippen LogP contribution in [-0.4, -0.2) is 60.4 Å². The highest BCUT2D eigenvalue weighted by molar-refractivity contribution is 6.07. The number of esters is 1. The van der Waals surface area contributed by atoms with Crippen LogP contribution in [0, 0.1) is 17.1 Å². The number of hydrogen-bond donors (Lipinski definition) is 1. The number of nitriles is 1. The highest BCUT2D eigenvalue weighted by Crippen LogP contribution is 2.22. The maximum absolute atomic E-state index is 14.0. The summed E-state index contributed by atoms with van der Waals surface area (Å²) in [7, 11) is 1.15. The van der Waals surface area contributed by atoms with E-state index in [2.05, 4.69) is 37.0 Å². The fourth-order valence-corrected chi connectivity index (χ4v) is 3.44. The molecule has 0 saturated carbocycles. The second-order valence-corrected chi connectivity index (χ2v) is 7.44. The average Bonchev–Trinajstić information content (AvgIpc) is 3.28. The summed E-state index contributed by atoms with van der Waals surface area (Å²) in [6.45, 7) is 5.77. The zero-order chi connectivity index (χ0) is 23.1. The monoisotopic (exact) mass is 440 g/mol. The third-order valence-corrected chi connectivity index (χ3v) is 5.22. The zero-order valence-electron chi connectivity index (χ0n) is 18.1. The quantitative estimate of drug-likeness (QED) is 0.493. The van der Waals surface area contributed by atoms with Crippen LogP contribution in [0.3, 0.4) is 0 Å². The first-order chi connectivity index (χ1) is 15.5. The van der Waals surface area contributed by atoms with Crippen LogP contribution in [0.1, 0.15) is 52.6 Å². The van der Waals surface area contributed by atoms with Crippen molar-refractivity contribution in [3.63, 3.8) is 0 Å². The van der Waals surface area contributed by atoms with E-state index in [0.717, 1.165) is 45.5 Å². The number of halogens is 1. The van der Waals surface area contributed by atoms with Gasteiger partial charge in [-0.1, -0.05) is 19.8 Å². The third kappa shape index (κ3) is 5.36. The molecule has 2 aromatic rings. The molecule has 168 valence electrons. The van der Waals surface area contributed by atoms with E-state index in [0.29, 0.717) is 5.82 Å². The molecule has 0 bridgehead atoms. The molecule has 3 rings (SSSR count). The predicted octanol–water partition coefficient (Wildman–Crippen LogP) is 2.80. The van der Waals surface area contributed by atoms with Crippen molar-refractivity contribution in [1.29, 1.82) is 5.26 Å². The van der Waals surface area contributed by atoms with Gasteiger partial charge in [0.25, 0.3) is 5.91 Å². The molecule has 10 heteroatoms. The lowest BCUT2D eigenvalue weighted by molar-refractivity contribution is 0.0602. The first kappa shape index (κ1) is 23.1. The Morgan fingerprint density at radius 1 is 1.25 bits per heavy atom. The van der Waals surface area contributed by atoms with Crippen molar-refractivity contribution in [3.05, 3.63) is 46.9 Å². The molecular weight excluding hydrogens is 415 g/mol. The number of rotatable bonds is 8. The van der Waals surface area contributed by atoms with E-state index in [4.69, 9.17) is 5.26 Å². The first-order valence-corrected chi connectivity index (χ1v) is 10.4. The summed E-state index contributed by atoms with van der Waals surface area (Å²) in [6.07, 6.45) is 3.56. The van der Waals surface area contributed by atoms with Crippen molar-refractivity contribution < 1.29 is 18.7 Å². The van der Waals surface area contributed by atoms with Crippen molar-refractivity contribution in [3.8, 4) is 6.07 Å². The van der Waals surface area contributed by atoms with E-state index >= 15 is 0 Å². The van der Waals surface area contributed by atoms with Gasteiger partial charge in [-0.3, -0.25) is 9.69 Å². The first-order valence-electron chi connectivity index (χ1n) is 10.4. The maximum atomic E-state index is 14.0. The van der Waals surface area contributed by atoms with Crippen LogP contribution in [-0.2, 0) is 4.74 Å². The molecule has 2 heterocycles. The van der Waals surface area contributed by atoms with Gasteiger partial charge in [-0.05, 0) is 37.2 Å². The molecular formula is C22H25FN6O3. The third-order valence-electron chi connectivity index (χ3n) is 5.22. The van der Waals surface area contributed by atoms with Gasteiger partial charge in [0.05, 0.1) is 30.6 Å². The minimum absolute atomic E-state index is 0.00772. The fourth-order valence-electron chi connectivity index (χ4n) is 3.44. The van der Waals surface area contributed by atoms with Crippen LogP contribution in [0.2, 0.25) is 0 Å². The summed E-state index contributed by atoms with van der Waals surface area (Å²) in [4.78, 5) is 29.0. The lowest BCUT2D eigenvalue weighted by atomic mass is 10.1. The number of anilines is 2. The maximum Gasteiger partial charge on any atom is 0.340 e. The summed E-state index contributed by atoms with van der Waals surface area (Å²) in [5.41, 5.74) is -0.578. The Hall–Kier alpha value is -3.58. The largest absolute Gasteiger partial charge is 0.465 e. The van der Waals surface area contributed by atoms with Crippen LogP contribution in [0.5, 0.6) is 0 Å². The number of methoxy groups -OCH3 is 1.